The second kappa shape index (κ2) is 4.02. The lowest BCUT2D eigenvalue weighted by atomic mass is 9.97. The van der Waals surface area contributed by atoms with Crippen molar-refractivity contribution < 1.29 is 0 Å². The average Bonchev–Trinajstić information content (AvgIpc) is 2.62. The van der Waals surface area contributed by atoms with Gasteiger partial charge in [-0.15, -0.1) is 0 Å². The van der Waals surface area contributed by atoms with Crippen LogP contribution in [-0.4, -0.2) is 10.2 Å². The molecule has 0 saturated heterocycles. The fourth-order valence-corrected chi connectivity index (χ4v) is 1.51. The third-order valence-electron chi connectivity index (χ3n) is 2.26. The quantitative estimate of drug-likeness (QED) is 0.723. The minimum atomic E-state index is 0.0814. The normalized spacial score (nSPS) is 11.2. The summed E-state index contributed by atoms with van der Waals surface area (Å²) in [4.78, 5) is 0. The number of benzene rings is 1. The minimum absolute atomic E-state index is 0.0814. The van der Waals surface area contributed by atoms with E-state index in [0.29, 0.717) is 0 Å². The lowest BCUT2D eigenvalue weighted by Crippen LogP contribution is -1.99. The molecule has 0 aliphatic rings. The fraction of sp³-hybridized carbons (Fsp3) is 0.357. The number of rotatable bonds is 1. The summed E-state index contributed by atoms with van der Waals surface area (Å²) < 4.78 is 0. The molecule has 0 bridgehead atoms. The molecule has 0 aliphatic heterocycles. The van der Waals surface area contributed by atoms with Crippen molar-refractivity contribution in [3.05, 3.63) is 30.0 Å². The summed E-state index contributed by atoms with van der Waals surface area (Å²) in [7, 11) is 0. The van der Waals surface area contributed by atoms with Crippen LogP contribution in [0.3, 0.4) is 0 Å². The monoisotopic (exact) mass is 212 g/mol. The number of fused-ring (bicyclic) bond motifs is 1. The van der Waals surface area contributed by atoms with Crippen molar-refractivity contribution in [1.82, 2.24) is 10.2 Å². The summed E-state index contributed by atoms with van der Waals surface area (Å²) in [6.45, 7) is 6.37. The Kier molecular flexibility index (Phi) is 2.70. The first-order chi connectivity index (χ1) is 7.54. The third kappa shape index (κ3) is 2.64. The summed E-state index contributed by atoms with van der Waals surface area (Å²) in [5.74, 6) is 6.45. The van der Waals surface area contributed by atoms with E-state index in [0.717, 1.165) is 17.3 Å². The standard InChI is InChI=1S/C14H16N2/c1-14(2,3)8-4-5-11-6-7-12-10-15-16-13(12)9-11/h6-7,9-10H,5H2,1-3H3,(H,15,16). The van der Waals surface area contributed by atoms with Gasteiger partial charge in [0.05, 0.1) is 11.7 Å². The Morgan fingerprint density at radius 3 is 2.88 bits per heavy atom. The molecule has 1 N–H and O–H groups in total. The summed E-state index contributed by atoms with van der Waals surface area (Å²) >= 11 is 0. The van der Waals surface area contributed by atoms with Crippen molar-refractivity contribution in [2.75, 3.05) is 0 Å². The zero-order chi connectivity index (χ0) is 11.6. The third-order valence-corrected chi connectivity index (χ3v) is 2.26. The average molecular weight is 212 g/mol. The van der Waals surface area contributed by atoms with Gasteiger partial charge in [-0.2, -0.15) is 5.10 Å². The van der Waals surface area contributed by atoms with Gasteiger partial charge in [-0.3, -0.25) is 5.10 Å². The van der Waals surface area contributed by atoms with Gasteiger partial charge in [0.25, 0.3) is 0 Å². The minimum Gasteiger partial charge on any atom is -0.278 e. The molecule has 2 heteroatoms. The Morgan fingerprint density at radius 2 is 2.12 bits per heavy atom. The smallest absolute Gasteiger partial charge is 0.0653 e. The van der Waals surface area contributed by atoms with E-state index in [1.54, 1.807) is 0 Å². The predicted molar refractivity (Wildman–Crippen MR) is 67.0 cm³/mol. The first kappa shape index (κ1) is 10.8. The predicted octanol–water partition coefficient (Wildman–Crippen LogP) is 3.15. The number of hydrogen-bond acceptors (Lipinski definition) is 1. The van der Waals surface area contributed by atoms with Gasteiger partial charge < -0.3 is 0 Å². The van der Waals surface area contributed by atoms with Gasteiger partial charge in [0.2, 0.25) is 0 Å². The zero-order valence-electron chi connectivity index (χ0n) is 9.96. The number of aromatic nitrogens is 2. The molecule has 2 rings (SSSR count). The molecule has 16 heavy (non-hydrogen) atoms. The first-order valence-corrected chi connectivity index (χ1v) is 5.47. The number of nitrogens with one attached hydrogen (secondary N) is 1. The molecule has 0 aliphatic carbocycles. The molecule has 1 heterocycles. The second-order valence-corrected chi connectivity index (χ2v) is 5.02. The molecule has 1 aromatic heterocycles. The first-order valence-electron chi connectivity index (χ1n) is 5.47. The van der Waals surface area contributed by atoms with Gasteiger partial charge >= 0.3 is 0 Å². The maximum atomic E-state index is 4.00. The molecule has 0 amide bonds. The Labute approximate surface area is 96.1 Å². The highest BCUT2D eigenvalue weighted by Gasteiger charge is 2.03. The zero-order valence-corrected chi connectivity index (χ0v) is 9.96. The number of H-pyrrole nitrogens is 1. The van der Waals surface area contributed by atoms with E-state index < -0.39 is 0 Å². The van der Waals surface area contributed by atoms with Crippen LogP contribution in [0.25, 0.3) is 10.9 Å². The van der Waals surface area contributed by atoms with E-state index in [1.165, 1.54) is 5.56 Å². The molecular weight excluding hydrogens is 196 g/mol. The maximum Gasteiger partial charge on any atom is 0.0653 e. The van der Waals surface area contributed by atoms with Crippen LogP contribution in [-0.2, 0) is 6.42 Å². The Morgan fingerprint density at radius 1 is 1.31 bits per heavy atom. The van der Waals surface area contributed by atoms with Gasteiger partial charge in [-0.05, 0) is 32.4 Å². The van der Waals surface area contributed by atoms with Crippen LogP contribution in [0.15, 0.2) is 24.4 Å². The van der Waals surface area contributed by atoms with E-state index >= 15 is 0 Å². The van der Waals surface area contributed by atoms with Crippen LogP contribution in [0.2, 0.25) is 0 Å². The van der Waals surface area contributed by atoms with Crippen LogP contribution in [0.5, 0.6) is 0 Å². The topological polar surface area (TPSA) is 28.7 Å². The Balaban J connectivity index is 2.17. The summed E-state index contributed by atoms with van der Waals surface area (Å²) in [6.07, 6.45) is 2.63. The molecule has 0 saturated carbocycles. The van der Waals surface area contributed by atoms with E-state index in [-0.39, 0.29) is 5.41 Å². The van der Waals surface area contributed by atoms with Crippen LogP contribution < -0.4 is 0 Å². The SMILES string of the molecule is CC(C)(C)C#CCc1ccc2cn[nH]c2c1. The van der Waals surface area contributed by atoms with Crippen molar-refractivity contribution in [3.8, 4) is 11.8 Å². The van der Waals surface area contributed by atoms with E-state index in [1.807, 2.05) is 6.20 Å². The molecule has 82 valence electrons. The van der Waals surface area contributed by atoms with Crippen LogP contribution >= 0.6 is 0 Å². The van der Waals surface area contributed by atoms with Crippen LogP contribution in [0.4, 0.5) is 0 Å². The molecule has 0 unspecified atom stereocenters. The molecule has 0 fully saturated rings. The lowest BCUT2D eigenvalue weighted by molar-refractivity contribution is 0.570. The second-order valence-electron chi connectivity index (χ2n) is 5.02. The highest BCUT2D eigenvalue weighted by molar-refractivity contribution is 5.78. The highest BCUT2D eigenvalue weighted by atomic mass is 15.1. The summed E-state index contributed by atoms with van der Waals surface area (Å²) in [5.41, 5.74) is 2.39. The number of nitrogens with zero attached hydrogens (tertiary/aromatic N) is 1. The maximum absolute atomic E-state index is 4.00. The molecule has 2 nitrogen and oxygen atoms in total. The molecular formula is C14H16N2. The van der Waals surface area contributed by atoms with Crippen molar-refractivity contribution in [2.24, 2.45) is 5.41 Å². The lowest BCUT2D eigenvalue weighted by Gasteiger charge is -2.06. The fourth-order valence-electron chi connectivity index (χ4n) is 1.51. The molecule has 2 aromatic rings. The van der Waals surface area contributed by atoms with E-state index in [4.69, 9.17) is 0 Å². The van der Waals surface area contributed by atoms with Gasteiger partial charge in [-0.1, -0.05) is 24.0 Å². The molecule has 0 spiro atoms. The van der Waals surface area contributed by atoms with Crippen molar-refractivity contribution in [1.29, 1.82) is 0 Å². The van der Waals surface area contributed by atoms with Gasteiger partial charge in [-0.25, -0.2) is 0 Å². The van der Waals surface area contributed by atoms with Crippen molar-refractivity contribution >= 4 is 10.9 Å². The molecule has 1 aromatic carbocycles. The van der Waals surface area contributed by atoms with E-state index in [2.05, 4.69) is 61.0 Å². The summed E-state index contributed by atoms with van der Waals surface area (Å²) in [6, 6.07) is 6.29. The molecule has 0 atom stereocenters. The van der Waals surface area contributed by atoms with Gasteiger partial charge in [0, 0.05) is 17.2 Å². The number of aromatic amines is 1. The van der Waals surface area contributed by atoms with E-state index in [9.17, 15) is 0 Å². The largest absolute Gasteiger partial charge is 0.278 e. The Bertz CT molecular complexity index is 547. The Hall–Kier alpha value is -1.75. The highest BCUT2D eigenvalue weighted by Crippen LogP contribution is 2.14. The van der Waals surface area contributed by atoms with Crippen molar-refractivity contribution in [2.45, 2.75) is 27.2 Å². The van der Waals surface area contributed by atoms with Crippen LogP contribution in [0.1, 0.15) is 26.3 Å². The molecule has 0 radical (unpaired) electrons. The van der Waals surface area contributed by atoms with Gasteiger partial charge in [0.1, 0.15) is 0 Å². The van der Waals surface area contributed by atoms with Crippen LogP contribution in [0, 0.1) is 17.3 Å². The van der Waals surface area contributed by atoms with Gasteiger partial charge in [0.15, 0.2) is 0 Å². The van der Waals surface area contributed by atoms with Crippen molar-refractivity contribution in [3.63, 3.8) is 0 Å². The number of hydrogen-bond donors (Lipinski definition) is 1. The summed E-state index contributed by atoms with van der Waals surface area (Å²) in [5, 5.41) is 8.12.